The largest absolute Gasteiger partial charge is 0.520 e. The van der Waals surface area contributed by atoms with Crippen molar-refractivity contribution in [3.8, 4) is 12.0 Å². The van der Waals surface area contributed by atoms with Crippen molar-refractivity contribution >= 4 is 42.6 Å². The van der Waals surface area contributed by atoms with Gasteiger partial charge >= 0.3 is 19.8 Å². The lowest BCUT2D eigenvalue weighted by Gasteiger charge is -2.28. The zero-order valence-corrected chi connectivity index (χ0v) is 23.8. The number of hydrogen-bond donors (Lipinski definition) is 0. The van der Waals surface area contributed by atoms with Gasteiger partial charge in [-0.15, -0.1) is 23.2 Å². The molecule has 2 aromatic rings. The average Bonchev–Trinajstić information content (AvgIpc) is 2.80. The van der Waals surface area contributed by atoms with Crippen LogP contribution in [0.4, 0.5) is 11.6 Å². The first-order chi connectivity index (χ1) is 16.7. The van der Waals surface area contributed by atoms with Gasteiger partial charge in [-0.2, -0.15) is 14.6 Å². The second-order valence-electron chi connectivity index (χ2n) is 7.63. The lowest BCUT2D eigenvalue weighted by molar-refractivity contribution is 0.281. The highest BCUT2D eigenvalue weighted by molar-refractivity contribution is 7.52. The Bertz CT molecular complexity index is 920. The minimum Gasteiger partial charge on any atom is -0.368 e. The van der Waals surface area contributed by atoms with Crippen LogP contribution >= 0.6 is 30.9 Å². The molecule has 0 bridgehead atoms. The summed E-state index contributed by atoms with van der Waals surface area (Å²) in [5, 5.41) is 0. The predicted octanol–water partition coefficient (Wildman–Crippen LogP) is 4.92. The number of aromatic nitrogens is 4. The zero-order valence-electron chi connectivity index (χ0n) is 21.4. The maximum atomic E-state index is 14.3. The molecule has 0 saturated heterocycles. The van der Waals surface area contributed by atoms with Crippen molar-refractivity contribution in [2.45, 2.75) is 41.5 Å². The Morgan fingerprint density at radius 2 is 1.11 bits per heavy atom. The van der Waals surface area contributed by atoms with Crippen LogP contribution < -0.4 is 18.8 Å². The zero-order chi connectivity index (χ0) is 26.0. The SMILES string of the molecule is CCN(CC)c1cc(C)nc(OP(=O)(Oc2nc(C)cc(N(CC)CC)n2)N(CCCl)CCCl)n1. The van der Waals surface area contributed by atoms with Crippen molar-refractivity contribution in [2.75, 3.05) is 60.8 Å². The van der Waals surface area contributed by atoms with E-state index in [9.17, 15) is 4.57 Å². The lowest BCUT2D eigenvalue weighted by Crippen LogP contribution is -2.31. The Morgan fingerprint density at radius 1 is 0.743 bits per heavy atom. The van der Waals surface area contributed by atoms with Gasteiger partial charge in [-0.3, -0.25) is 0 Å². The predicted molar refractivity (Wildman–Crippen MR) is 143 cm³/mol. The molecule has 13 heteroatoms. The van der Waals surface area contributed by atoms with E-state index < -0.39 is 7.75 Å². The third-order valence-corrected chi connectivity index (χ3v) is 7.46. The highest BCUT2D eigenvalue weighted by Crippen LogP contribution is 2.50. The van der Waals surface area contributed by atoms with Crippen molar-refractivity contribution in [1.82, 2.24) is 24.6 Å². The minimum absolute atomic E-state index is 0.0685. The molecule has 0 aliphatic rings. The van der Waals surface area contributed by atoms with E-state index in [1.165, 1.54) is 4.67 Å². The summed E-state index contributed by atoms with van der Waals surface area (Å²) in [7, 11) is -4.10. The van der Waals surface area contributed by atoms with Gasteiger partial charge in [0.25, 0.3) is 0 Å². The Morgan fingerprint density at radius 3 is 1.43 bits per heavy atom. The van der Waals surface area contributed by atoms with Gasteiger partial charge in [0.2, 0.25) is 0 Å². The first kappa shape index (κ1) is 29.4. The third-order valence-electron chi connectivity index (χ3n) is 5.24. The number of nitrogens with zero attached hydrogens (tertiary/aromatic N) is 7. The number of rotatable bonds is 15. The summed E-state index contributed by atoms with van der Waals surface area (Å²) in [5.41, 5.74) is 1.33. The summed E-state index contributed by atoms with van der Waals surface area (Å²) in [5.74, 6) is 1.71. The molecule has 0 radical (unpaired) electrons. The maximum Gasteiger partial charge on any atom is 0.520 e. The Labute approximate surface area is 218 Å². The number of hydrogen-bond acceptors (Lipinski definition) is 9. The minimum atomic E-state index is -4.10. The molecule has 0 aliphatic heterocycles. The highest BCUT2D eigenvalue weighted by atomic mass is 35.5. The van der Waals surface area contributed by atoms with Crippen LogP contribution in [-0.2, 0) is 4.57 Å². The molecule has 0 unspecified atom stereocenters. The molecule has 35 heavy (non-hydrogen) atoms. The molecule has 2 rings (SSSR count). The monoisotopic (exact) mass is 547 g/mol. The van der Waals surface area contributed by atoms with Crippen LogP contribution in [0.3, 0.4) is 0 Å². The van der Waals surface area contributed by atoms with Gasteiger partial charge in [0.1, 0.15) is 11.6 Å². The quantitative estimate of drug-likeness (QED) is 0.225. The van der Waals surface area contributed by atoms with E-state index in [1.807, 2.05) is 63.5 Å². The van der Waals surface area contributed by atoms with Crippen molar-refractivity contribution in [2.24, 2.45) is 0 Å². The average molecular weight is 548 g/mol. The molecule has 0 aromatic carbocycles. The summed E-state index contributed by atoms with van der Waals surface area (Å²) in [4.78, 5) is 21.8. The Balaban J connectivity index is 2.53. The summed E-state index contributed by atoms with van der Waals surface area (Å²) in [6.07, 6.45) is 0. The van der Waals surface area contributed by atoms with E-state index in [2.05, 4.69) is 19.9 Å². The van der Waals surface area contributed by atoms with Gasteiger partial charge in [-0.05, 0) is 41.5 Å². The van der Waals surface area contributed by atoms with Crippen LogP contribution in [0.25, 0.3) is 0 Å². The topological polar surface area (TPSA) is 96.8 Å². The molecule has 10 nitrogen and oxygen atoms in total. The van der Waals surface area contributed by atoms with E-state index in [-0.39, 0.29) is 36.9 Å². The second kappa shape index (κ2) is 14.0. The smallest absolute Gasteiger partial charge is 0.368 e. The summed E-state index contributed by atoms with van der Waals surface area (Å²) < 4.78 is 27.6. The summed E-state index contributed by atoms with van der Waals surface area (Å²) in [6, 6.07) is 3.56. The van der Waals surface area contributed by atoms with Gasteiger partial charge in [-0.25, -0.2) is 14.5 Å². The van der Waals surface area contributed by atoms with E-state index in [1.54, 1.807) is 0 Å². The van der Waals surface area contributed by atoms with E-state index in [0.29, 0.717) is 23.0 Å². The van der Waals surface area contributed by atoms with Crippen LogP contribution in [0.2, 0.25) is 0 Å². The number of halogens is 2. The molecule has 0 amide bonds. The van der Waals surface area contributed by atoms with Gasteiger partial charge in [-0.1, -0.05) is 0 Å². The van der Waals surface area contributed by atoms with Crippen LogP contribution in [0.15, 0.2) is 12.1 Å². The van der Waals surface area contributed by atoms with Crippen molar-refractivity contribution in [3.05, 3.63) is 23.5 Å². The van der Waals surface area contributed by atoms with E-state index in [0.717, 1.165) is 26.2 Å². The number of aryl methyl sites for hydroxylation is 2. The van der Waals surface area contributed by atoms with E-state index >= 15 is 0 Å². The maximum absolute atomic E-state index is 14.3. The lowest BCUT2D eigenvalue weighted by atomic mass is 10.4. The summed E-state index contributed by atoms with van der Waals surface area (Å²) >= 11 is 12.0. The molecule has 2 heterocycles. The normalized spacial score (nSPS) is 11.6. The van der Waals surface area contributed by atoms with E-state index in [4.69, 9.17) is 32.2 Å². The third kappa shape index (κ3) is 8.07. The molecule has 0 aliphatic carbocycles. The first-order valence-electron chi connectivity index (χ1n) is 11.8. The number of anilines is 2. The molecule has 2 aromatic heterocycles. The first-order valence-corrected chi connectivity index (χ1v) is 14.4. The molecular formula is C22H36Cl2N7O3P. The molecule has 0 fully saturated rings. The van der Waals surface area contributed by atoms with Crippen LogP contribution in [0.5, 0.6) is 12.0 Å². The fourth-order valence-corrected chi connectivity index (χ4v) is 5.62. The van der Waals surface area contributed by atoms with Crippen LogP contribution in [0, 0.1) is 13.8 Å². The van der Waals surface area contributed by atoms with Crippen LogP contribution in [-0.4, -0.2) is 75.6 Å². The molecule has 196 valence electrons. The number of alkyl halides is 2. The fraction of sp³-hybridized carbons (Fsp3) is 0.636. The molecule has 0 N–H and O–H groups in total. The molecule has 0 atom stereocenters. The highest BCUT2D eigenvalue weighted by Gasteiger charge is 2.39. The second-order valence-corrected chi connectivity index (χ2v) is 10.3. The standard InChI is InChI=1S/C22H36Cl2N7O3P/c1-7-29(8-2)19-15-17(5)25-21(27-19)33-35(32,31(13-11-23)14-12-24)34-22-26-18(6)16-20(28-22)30(9-3)10-4/h15-16H,7-14H2,1-6H3. The van der Waals surface area contributed by atoms with Crippen LogP contribution in [0.1, 0.15) is 39.1 Å². The Hall–Kier alpha value is -1.87. The van der Waals surface area contributed by atoms with Gasteiger partial charge in [0.15, 0.2) is 0 Å². The van der Waals surface area contributed by atoms with Gasteiger partial charge in [0, 0.05) is 74.5 Å². The van der Waals surface area contributed by atoms with Crippen molar-refractivity contribution in [1.29, 1.82) is 0 Å². The molecule has 0 spiro atoms. The summed E-state index contributed by atoms with van der Waals surface area (Å²) in [6.45, 7) is 15.2. The fourth-order valence-electron chi connectivity index (χ4n) is 3.44. The van der Waals surface area contributed by atoms with Gasteiger partial charge < -0.3 is 18.8 Å². The molecule has 0 saturated carbocycles. The van der Waals surface area contributed by atoms with Crippen molar-refractivity contribution in [3.63, 3.8) is 0 Å². The van der Waals surface area contributed by atoms with Gasteiger partial charge in [0.05, 0.1) is 0 Å². The molecular weight excluding hydrogens is 512 g/mol. The van der Waals surface area contributed by atoms with Crippen molar-refractivity contribution < 1.29 is 13.6 Å². The Kier molecular flexibility index (Phi) is 11.8.